The number of hydrogen-bond donors (Lipinski definition) is 2. The minimum atomic E-state index is -0.376. The van der Waals surface area contributed by atoms with Gasteiger partial charge in [-0.25, -0.2) is 0 Å². The molecule has 6 heteroatoms. The van der Waals surface area contributed by atoms with Crippen LogP contribution in [0.15, 0.2) is 48.5 Å². The number of hydrogen-bond acceptors (Lipinski definition) is 3. The highest BCUT2D eigenvalue weighted by atomic mass is 16.2. The van der Waals surface area contributed by atoms with Crippen LogP contribution in [0.1, 0.15) is 33.1 Å². The van der Waals surface area contributed by atoms with Crippen LogP contribution in [0, 0.1) is 6.92 Å². The molecule has 1 aromatic heterocycles. The van der Waals surface area contributed by atoms with Crippen LogP contribution in [0.2, 0.25) is 0 Å². The highest BCUT2D eigenvalue weighted by molar-refractivity contribution is 5.99. The number of aryl methyl sites for hydroxylation is 1. The summed E-state index contributed by atoms with van der Waals surface area (Å²) >= 11 is 0. The molecular weight excluding hydrogens is 388 g/mol. The van der Waals surface area contributed by atoms with Crippen molar-refractivity contribution in [3.63, 3.8) is 0 Å². The fourth-order valence-electron chi connectivity index (χ4n) is 4.35. The van der Waals surface area contributed by atoms with E-state index in [0.717, 1.165) is 34.1 Å². The molecule has 0 fully saturated rings. The van der Waals surface area contributed by atoms with Gasteiger partial charge in [-0.1, -0.05) is 35.9 Å². The molecule has 2 N–H and O–H groups in total. The predicted octanol–water partition coefficient (Wildman–Crippen LogP) is 2.93. The zero-order chi connectivity index (χ0) is 22.1. The molecule has 2 atom stereocenters. The van der Waals surface area contributed by atoms with Crippen molar-refractivity contribution in [2.24, 2.45) is 0 Å². The Bertz CT molecular complexity index is 1120. The fourth-order valence-corrected chi connectivity index (χ4v) is 4.35. The molecule has 0 bridgehead atoms. The Balaban J connectivity index is 1.56. The summed E-state index contributed by atoms with van der Waals surface area (Å²) in [4.78, 5) is 33.5. The number of carbonyl (C=O) groups is 2. The van der Waals surface area contributed by atoms with Crippen LogP contribution in [0.4, 0.5) is 0 Å². The molecule has 0 unspecified atom stereocenters. The maximum Gasteiger partial charge on any atom is 0.267 e. The SMILES string of the molecule is Cc1ccc2[nH]c(C(=O)N[C@H]3Cc4ccccc4[C@@H]3C(=O)N(C)CCN(C)C)cc2c1. The van der Waals surface area contributed by atoms with Crippen molar-refractivity contribution in [3.8, 4) is 0 Å². The number of H-pyrrole nitrogens is 1. The lowest BCUT2D eigenvalue weighted by Crippen LogP contribution is -2.45. The number of fused-ring (bicyclic) bond motifs is 2. The Morgan fingerprint density at radius 3 is 2.61 bits per heavy atom. The Morgan fingerprint density at radius 2 is 1.84 bits per heavy atom. The van der Waals surface area contributed by atoms with Crippen molar-refractivity contribution < 1.29 is 9.59 Å². The number of nitrogens with one attached hydrogen (secondary N) is 2. The second-order valence-corrected chi connectivity index (χ2v) is 8.80. The molecule has 0 aliphatic heterocycles. The van der Waals surface area contributed by atoms with Crippen molar-refractivity contribution in [1.82, 2.24) is 20.1 Å². The minimum absolute atomic E-state index is 0.0457. The van der Waals surface area contributed by atoms with E-state index in [9.17, 15) is 9.59 Å². The topological polar surface area (TPSA) is 68.4 Å². The first kappa shape index (κ1) is 21.1. The van der Waals surface area contributed by atoms with E-state index in [4.69, 9.17) is 0 Å². The molecule has 1 heterocycles. The van der Waals surface area contributed by atoms with Gasteiger partial charge in [-0.3, -0.25) is 9.59 Å². The van der Waals surface area contributed by atoms with Gasteiger partial charge in [0.1, 0.15) is 5.69 Å². The summed E-state index contributed by atoms with van der Waals surface area (Å²) in [6, 6.07) is 15.7. The third kappa shape index (κ3) is 4.35. The van der Waals surface area contributed by atoms with Gasteiger partial charge >= 0.3 is 0 Å². The normalized spacial score (nSPS) is 17.7. The van der Waals surface area contributed by atoms with E-state index < -0.39 is 0 Å². The van der Waals surface area contributed by atoms with Crippen LogP contribution >= 0.6 is 0 Å². The van der Waals surface area contributed by atoms with Gasteiger partial charge in [-0.2, -0.15) is 0 Å². The predicted molar refractivity (Wildman–Crippen MR) is 123 cm³/mol. The molecule has 6 nitrogen and oxygen atoms in total. The lowest BCUT2D eigenvalue weighted by molar-refractivity contribution is -0.132. The zero-order valence-electron chi connectivity index (χ0n) is 18.6. The number of rotatable bonds is 6. The maximum absolute atomic E-state index is 13.4. The summed E-state index contributed by atoms with van der Waals surface area (Å²) in [6.45, 7) is 3.47. The summed E-state index contributed by atoms with van der Waals surface area (Å²) in [5.41, 5.74) is 4.74. The summed E-state index contributed by atoms with van der Waals surface area (Å²) in [6.07, 6.45) is 0.652. The molecule has 1 aliphatic rings. The monoisotopic (exact) mass is 418 g/mol. The Kier molecular flexibility index (Phi) is 5.83. The van der Waals surface area contributed by atoms with Crippen LogP contribution in [-0.4, -0.2) is 66.9 Å². The maximum atomic E-state index is 13.4. The van der Waals surface area contributed by atoms with E-state index in [1.807, 2.05) is 70.5 Å². The van der Waals surface area contributed by atoms with Gasteiger partial charge in [0.15, 0.2) is 0 Å². The summed E-state index contributed by atoms with van der Waals surface area (Å²) in [7, 11) is 5.83. The first-order valence-corrected chi connectivity index (χ1v) is 10.7. The molecule has 0 saturated heterocycles. The van der Waals surface area contributed by atoms with Crippen LogP contribution < -0.4 is 5.32 Å². The quantitative estimate of drug-likeness (QED) is 0.647. The highest BCUT2D eigenvalue weighted by Crippen LogP contribution is 2.35. The second-order valence-electron chi connectivity index (χ2n) is 8.80. The Hall–Kier alpha value is -3.12. The first-order chi connectivity index (χ1) is 14.8. The number of likely N-dealkylation sites (N-methyl/N-ethyl adjacent to an activating group) is 2. The number of benzene rings is 2. The second kappa shape index (κ2) is 8.55. The van der Waals surface area contributed by atoms with E-state index in [1.165, 1.54) is 0 Å². The van der Waals surface area contributed by atoms with Gasteiger partial charge < -0.3 is 20.1 Å². The molecule has 2 aromatic carbocycles. The molecule has 1 aliphatic carbocycles. The summed E-state index contributed by atoms with van der Waals surface area (Å²) in [5.74, 6) is -0.510. The molecule has 162 valence electrons. The third-order valence-electron chi connectivity index (χ3n) is 6.09. The molecule has 0 radical (unpaired) electrons. The first-order valence-electron chi connectivity index (χ1n) is 10.7. The lowest BCUT2D eigenvalue weighted by Gasteiger charge is -2.27. The minimum Gasteiger partial charge on any atom is -0.351 e. The van der Waals surface area contributed by atoms with Gasteiger partial charge in [0.25, 0.3) is 5.91 Å². The van der Waals surface area contributed by atoms with Crippen LogP contribution in [-0.2, 0) is 11.2 Å². The van der Waals surface area contributed by atoms with Crippen LogP contribution in [0.3, 0.4) is 0 Å². The third-order valence-corrected chi connectivity index (χ3v) is 6.09. The van der Waals surface area contributed by atoms with E-state index in [2.05, 4.69) is 21.3 Å². The molecule has 4 rings (SSSR count). The van der Waals surface area contributed by atoms with E-state index in [0.29, 0.717) is 18.7 Å². The fraction of sp³-hybridized carbons (Fsp3) is 0.360. The van der Waals surface area contributed by atoms with Crippen molar-refractivity contribution in [2.75, 3.05) is 34.2 Å². The molecular formula is C25H30N4O2. The van der Waals surface area contributed by atoms with Gasteiger partial charge in [0.2, 0.25) is 5.91 Å². The molecule has 0 saturated carbocycles. The van der Waals surface area contributed by atoms with Crippen molar-refractivity contribution in [1.29, 1.82) is 0 Å². The van der Waals surface area contributed by atoms with Gasteiger partial charge in [0.05, 0.1) is 5.92 Å². The zero-order valence-corrected chi connectivity index (χ0v) is 18.6. The van der Waals surface area contributed by atoms with E-state index in [1.54, 1.807) is 4.90 Å². The van der Waals surface area contributed by atoms with Crippen LogP contribution in [0.5, 0.6) is 0 Å². The molecule has 3 aromatic rings. The van der Waals surface area contributed by atoms with Crippen LogP contribution in [0.25, 0.3) is 10.9 Å². The van der Waals surface area contributed by atoms with E-state index in [-0.39, 0.29) is 23.8 Å². The summed E-state index contributed by atoms with van der Waals surface area (Å²) in [5, 5.41) is 4.15. The number of aromatic nitrogens is 1. The molecule has 0 spiro atoms. The average molecular weight is 419 g/mol. The molecule has 2 amide bonds. The largest absolute Gasteiger partial charge is 0.351 e. The van der Waals surface area contributed by atoms with E-state index >= 15 is 0 Å². The van der Waals surface area contributed by atoms with Gasteiger partial charge in [-0.05, 0) is 56.8 Å². The number of carbonyl (C=O) groups excluding carboxylic acids is 2. The number of amides is 2. The Morgan fingerprint density at radius 1 is 1.06 bits per heavy atom. The van der Waals surface area contributed by atoms with Crippen molar-refractivity contribution >= 4 is 22.7 Å². The van der Waals surface area contributed by atoms with Crippen molar-refractivity contribution in [3.05, 3.63) is 70.9 Å². The van der Waals surface area contributed by atoms with Gasteiger partial charge in [0, 0.05) is 37.1 Å². The smallest absolute Gasteiger partial charge is 0.267 e. The number of nitrogens with zero attached hydrogens (tertiary/aromatic N) is 2. The standard InChI is InChI=1S/C25H30N4O2/c1-16-9-10-20-18(13-16)15-22(26-20)24(30)27-21-14-17-7-5-6-8-19(17)23(21)25(31)29(4)12-11-28(2)3/h5-10,13,15,21,23,26H,11-12,14H2,1-4H3,(H,27,30)/t21-,23-/m0/s1. The highest BCUT2D eigenvalue weighted by Gasteiger charge is 2.39. The molecule has 31 heavy (non-hydrogen) atoms. The van der Waals surface area contributed by atoms with Crippen molar-refractivity contribution in [2.45, 2.75) is 25.3 Å². The Labute approximate surface area is 183 Å². The number of aromatic amines is 1. The average Bonchev–Trinajstić information content (AvgIpc) is 3.32. The lowest BCUT2D eigenvalue weighted by atomic mass is 9.96. The van der Waals surface area contributed by atoms with Gasteiger partial charge in [-0.15, -0.1) is 0 Å². The summed E-state index contributed by atoms with van der Waals surface area (Å²) < 4.78 is 0.